The molecule has 1 amide bonds. The van der Waals surface area contributed by atoms with Gasteiger partial charge in [0.2, 0.25) is 0 Å². The highest BCUT2D eigenvalue weighted by molar-refractivity contribution is 6.55. The fraction of sp³-hybridized carbons (Fsp3) is 0.235. The molecule has 0 aliphatic heterocycles. The Hall–Kier alpha value is -1.73. The Balaban J connectivity index is 1.78. The summed E-state index contributed by atoms with van der Waals surface area (Å²) in [7, 11) is 0. The van der Waals surface area contributed by atoms with E-state index in [0.29, 0.717) is 46.7 Å². The van der Waals surface area contributed by atoms with Crippen LogP contribution in [0.1, 0.15) is 16.8 Å². The molecule has 1 aromatic carbocycles. The van der Waals surface area contributed by atoms with Crippen molar-refractivity contribution in [3.8, 4) is 11.5 Å². The first-order chi connectivity index (χ1) is 13.0. The first kappa shape index (κ1) is 21.6. The van der Waals surface area contributed by atoms with Gasteiger partial charge in [-0.15, -0.1) is 0 Å². The summed E-state index contributed by atoms with van der Waals surface area (Å²) in [6.45, 7) is 0.921. The molecule has 1 N–H and O–H groups in total. The average Bonchev–Trinajstić information content (AvgIpc) is 2.63. The van der Waals surface area contributed by atoms with Gasteiger partial charge in [0, 0.05) is 18.7 Å². The summed E-state index contributed by atoms with van der Waals surface area (Å²) in [5.41, 5.74) is 0.442. The summed E-state index contributed by atoms with van der Waals surface area (Å²) in [6.07, 6.45) is 4.90. The average molecular weight is 451 g/mol. The van der Waals surface area contributed by atoms with Gasteiger partial charge in [0.15, 0.2) is 5.75 Å². The molecule has 0 saturated heterocycles. The Morgan fingerprint density at radius 1 is 1.15 bits per heavy atom. The molecule has 0 aliphatic rings. The third-order valence-corrected chi connectivity index (χ3v) is 4.03. The second-order valence-electron chi connectivity index (χ2n) is 5.11. The number of nitrogens with zero attached hydrogens (tertiary/aromatic N) is 2. The first-order valence-electron chi connectivity index (χ1n) is 7.78. The van der Waals surface area contributed by atoms with Crippen molar-refractivity contribution in [1.82, 2.24) is 15.5 Å². The predicted octanol–water partition coefficient (Wildman–Crippen LogP) is 4.68. The second kappa shape index (κ2) is 11.2. The van der Waals surface area contributed by atoms with E-state index in [1.165, 1.54) is 18.5 Å². The SMILES string of the molecule is O=C(NCCCOc1c(Cl)cc(OCC=C(Cl)Cl)cc1Cl)c1ccnnc1. The van der Waals surface area contributed by atoms with Gasteiger partial charge in [-0.3, -0.25) is 4.79 Å². The number of carbonyl (C=O) groups excluding carboxylic acids is 1. The van der Waals surface area contributed by atoms with Crippen LogP contribution in [0.5, 0.6) is 11.5 Å². The van der Waals surface area contributed by atoms with E-state index in [-0.39, 0.29) is 17.0 Å². The normalized spacial score (nSPS) is 10.2. The minimum atomic E-state index is -0.228. The molecular formula is C17H15Cl4N3O3. The van der Waals surface area contributed by atoms with E-state index >= 15 is 0 Å². The van der Waals surface area contributed by atoms with Gasteiger partial charge < -0.3 is 14.8 Å². The summed E-state index contributed by atoms with van der Waals surface area (Å²) in [5, 5.41) is 10.6. The van der Waals surface area contributed by atoms with Crippen molar-refractivity contribution >= 4 is 52.3 Å². The lowest BCUT2D eigenvalue weighted by Crippen LogP contribution is -2.25. The Bertz CT molecular complexity index is 776. The maximum atomic E-state index is 11.9. The van der Waals surface area contributed by atoms with Crippen molar-refractivity contribution in [2.24, 2.45) is 0 Å². The van der Waals surface area contributed by atoms with Crippen LogP contribution >= 0.6 is 46.4 Å². The van der Waals surface area contributed by atoms with Gasteiger partial charge in [-0.1, -0.05) is 46.4 Å². The highest BCUT2D eigenvalue weighted by atomic mass is 35.5. The lowest BCUT2D eigenvalue weighted by Gasteiger charge is -2.12. The van der Waals surface area contributed by atoms with Crippen LogP contribution in [-0.4, -0.2) is 35.9 Å². The molecular weight excluding hydrogens is 436 g/mol. The predicted molar refractivity (Wildman–Crippen MR) is 106 cm³/mol. The zero-order chi connectivity index (χ0) is 19.6. The third kappa shape index (κ3) is 7.42. The molecule has 1 aromatic heterocycles. The number of hydrogen-bond donors (Lipinski definition) is 1. The summed E-state index contributed by atoms with van der Waals surface area (Å²) in [4.78, 5) is 11.9. The van der Waals surface area contributed by atoms with Gasteiger partial charge in [0.1, 0.15) is 16.8 Å². The maximum absolute atomic E-state index is 11.9. The van der Waals surface area contributed by atoms with E-state index in [1.54, 1.807) is 18.2 Å². The van der Waals surface area contributed by atoms with E-state index in [0.717, 1.165) is 0 Å². The molecule has 10 heteroatoms. The number of hydrogen-bond acceptors (Lipinski definition) is 5. The number of ether oxygens (including phenoxy) is 2. The lowest BCUT2D eigenvalue weighted by atomic mass is 10.3. The Morgan fingerprint density at radius 3 is 2.52 bits per heavy atom. The van der Waals surface area contributed by atoms with Gasteiger partial charge in [0.25, 0.3) is 5.91 Å². The molecule has 0 aliphatic carbocycles. The standard InChI is InChI=1S/C17H15Cl4N3O3/c18-13-8-12(26-7-3-15(20)21)9-14(19)16(13)27-6-1-4-22-17(25)11-2-5-23-24-10-11/h2-3,5,8-10H,1,4,6-7H2,(H,22,25). The fourth-order valence-corrected chi connectivity index (χ4v) is 2.64. The van der Waals surface area contributed by atoms with Gasteiger partial charge >= 0.3 is 0 Å². The van der Waals surface area contributed by atoms with E-state index in [1.807, 2.05) is 0 Å². The number of nitrogens with one attached hydrogen (secondary N) is 1. The molecule has 144 valence electrons. The van der Waals surface area contributed by atoms with Crippen LogP contribution in [0.4, 0.5) is 0 Å². The molecule has 0 unspecified atom stereocenters. The molecule has 6 nitrogen and oxygen atoms in total. The smallest absolute Gasteiger partial charge is 0.252 e. The number of amides is 1. The van der Waals surface area contributed by atoms with Crippen LogP contribution < -0.4 is 14.8 Å². The molecule has 0 saturated carbocycles. The molecule has 1 heterocycles. The van der Waals surface area contributed by atoms with E-state index < -0.39 is 0 Å². The molecule has 0 fully saturated rings. The van der Waals surface area contributed by atoms with E-state index in [2.05, 4.69) is 15.5 Å². The molecule has 0 radical (unpaired) electrons. The van der Waals surface area contributed by atoms with Crippen molar-refractivity contribution in [2.45, 2.75) is 6.42 Å². The molecule has 2 rings (SSSR count). The van der Waals surface area contributed by atoms with Crippen molar-refractivity contribution in [1.29, 1.82) is 0 Å². The molecule has 2 aromatic rings. The monoisotopic (exact) mass is 449 g/mol. The first-order valence-corrected chi connectivity index (χ1v) is 9.29. The summed E-state index contributed by atoms with van der Waals surface area (Å²) in [6, 6.07) is 4.74. The zero-order valence-corrected chi connectivity index (χ0v) is 16.9. The number of aromatic nitrogens is 2. The quantitative estimate of drug-likeness (QED) is 0.561. The number of carbonyl (C=O) groups is 1. The van der Waals surface area contributed by atoms with Crippen molar-refractivity contribution in [3.05, 3.63) is 56.8 Å². The van der Waals surface area contributed by atoms with Crippen molar-refractivity contribution in [2.75, 3.05) is 19.8 Å². The Morgan fingerprint density at radius 2 is 1.89 bits per heavy atom. The lowest BCUT2D eigenvalue weighted by molar-refractivity contribution is 0.0951. The summed E-state index contributed by atoms with van der Waals surface area (Å²) in [5.74, 6) is 0.580. The Kier molecular flexibility index (Phi) is 8.94. The Labute approximate surface area is 176 Å². The van der Waals surface area contributed by atoms with Crippen LogP contribution in [0.3, 0.4) is 0 Å². The summed E-state index contributed by atoms with van der Waals surface area (Å²) >= 11 is 23.4. The molecule has 0 spiro atoms. The van der Waals surface area contributed by atoms with Crippen LogP contribution in [0.2, 0.25) is 10.0 Å². The zero-order valence-electron chi connectivity index (χ0n) is 13.9. The number of halogens is 4. The van der Waals surface area contributed by atoms with Gasteiger partial charge in [-0.05, 0) is 18.6 Å². The third-order valence-electron chi connectivity index (χ3n) is 3.16. The minimum Gasteiger partial charge on any atom is -0.490 e. The highest BCUT2D eigenvalue weighted by Gasteiger charge is 2.11. The summed E-state index contributed by atoms with van der Waals surface area (Å²) < 4.78 is 11.1. The fourth-order valence-electron chi connectivity index (χ4n) is 1.93. The molecule has 0 bridgehead atoms. The number of rotatable bonds is 9. The largest absolute Gasteiger partial charge is 0.490 e. The van der Waals surface area contributed by atoms with Crippen molar-refractivity contribution < 1.29 is 14.3 Å². The van der Waals surface area contributed by atoms with Crippen LogP contribution in [0, 0.1) is 0 Å². The second-order valence-corrected chi connectivity index (χ2v) is 6.93. The van der Waals surface area contributed by atoms with Gasteiger partial charge in [-0.25, -0.2) is 0 Å². The molecule has 27 heavy (non-hydrogen) atoms. The van der Waals surface area contributed by atoms with E-state index in [4.69, 9.17) is 55.9 Å². The highest BCUT2D eigenvalue weighted by Crippen LogP contribution is 2.37. The maximum Gasteiger partial charge on any atom is 0.252 e. The number of benzene rings is 1. The van der Waals surface area contributed by atoms with E-state index in [9.17, 15) is 4.79 Å². The topological polar surface area (TPSA) is 73.3 Å². The van der Waals surface area contributed by atoms with Crippen LogP contribution in [0.25, 0.3) is 0 Å². The van der Waals surface area contributed by atoms with Crippen LogP contribution in [-0.2, 0) is 0 Å². The van der Waals surface area contributed by atoms with Gasteiger partial charge in [-0.2, -0.15) is 10.2 Å². The van der Waals surface area contributed by atoms with Crippen molar-refractivity contribution in [3.63, 3.8) is 0 Å². The molecule has 0 atom stereocenters. The van der Waals surface area contributed by atoms with Crippen LogP contribution in [0.15, 0.2) is 41.2 Å². The minimum absolute atomic E-state index is 0.111. The van der Waals surface area contributed by atoms with Gasteiger partial charge in [0.05, 0.1) is 34.6 Å².